The number of benzene rings is 3. The summed E-state index contributed by atoms with van der Waals surface area (Å²) < 4.78 is 0. The fourth-order valence-corrected chi connectivity index (χ4v) is 4.23. The van der Waals surface area contributed by atoms with Crippen LogP contribution in [0, 0.1) is 11.5 Å². The quantitative estimate of drug-likeness (QED) is 0.255. The molecular formula is C24H28Si2. The van der Waals surface area contributed by atoms with Crippen LogP contribution >= 0.6 is 0 Å². The van der Waals surface area contributed by atoms with E-state index in [1.54, 1.807) is 0 Å². The van der Waals surface area contributed by atoms with Gasteiger partial charge in [0, 0.05) is 5.56 Å². The Bertz CT molecular complexity index is 992. The maximum absolute atomic E-state index is 3.58. The van der Waals surface area contributed by atoms with Crippen LogP contribution in [-0.4, -0.2) is 16.1 Å². The molecule has 3 aromatic rings. The van der Waals surface area contributed by atoms with E-state index in [2.05, 4.69) is 111 Å². The second-order valence-electron chi connectivity index (χ2n) is 9.08. The summed E-state index contributed by atoms with van der Waals surface area (Å²) in [6.45, 7) is 14.0. The summed E-state index contributed by atoms with van der Waals surface area (Å²) in [6, 6.07) is 17.5. The van der Waals surface area contributed by atoms with Crippen LogP contribution in [0.3, 0.4) is 0 Å². The van der Waals surface area contributed by atoms with E-state index in [-0.39, 0.29) is 0 Å². The molecule has 0 radical (unpaired) electrons. The van der Waals surface area contributed by atoms with E-state index < -0.39 is 16.1 Å². The van der Waals surface area contributed by atoms with Gasteiger partial charge in [0.05, 0.1) is 8.07 Å². The Morgan fingerprint density at radius 1 is 0.692 bits per heavy atom. The van der Waals surface area contributed by atoms with Gasteiger partial charge < -0.3 is 0 Å². The molecule has 132 valence electrons. The van der Waals surface area contributed by atoms with Crippen molar-refractivity contribution in [2.75, 3.05) is 0 Å². The van der Waals surface area contributed by atoms with Crippen molar-refractivity contribution in [3.05, 3.63) is 65.4 Å². The van der Waals surface area contributed by atoms with Crippen LogP contribution in [0.1, 0.15) is 11.1 Å². The molecule has 0 aliphatic heterocycles. The first-order valence-electron chi connectivity index (χ1n) is 9.32. The van der Waals surface area contributed by atoms with Crippen LogP contribution in [0.4, 0.5) is 0 Å². The van der Waals surface area contributed by atoms with Crippen LogP contribution in [0.2, 0.25) is 39.3 Å². The molecule has 3 rings (SSSR count). The van der Waals surface area contributed by atoms with E-state index >= 15 is 0 Å². The van der Waals surface area contributed by atoms with Gasteiger partial charge in [-0.05, 0) is 27.1 Å². The van der Waals surface area contributed by atoms with Crippen molar-refractivity contribution in [2.24, 2.45) is 0 Å². The molecule has 0 aliphatic rings. The Balaban J connectivity index is 2.43. The smallest absolute Gasteiger partial charge is 0.127 e. The van der Waals surface area contributed by atoms with Gasteiger partial charge in [0.1, 0.15) is 8.07 Å². The van der Waals surface area contributed by atoms with Crippen molar-refractivity contribution in [1.29, 1.82) is 0 Å². The summed E-state index contributed by atoms with van der Waals surface area (Å²) in [6.07, 6.45) is 2.35. The molecule has 0 N–H and O–H groups in total. The topological polar surface area (TPSA) is 0 Å². The summed E-state index contributed by atoms with van der Waals surface area (Å²) in [5.74, 6) is 3.57. The van der Waals surface area contributed by atoms with Crippen molar-refractivity contribution in [3.63, 3.8) is 0 Å². The van der Waals surface area contributed by atoms with E-state index in [1.165, 1.54) is 32.7 Å². The van der Waals surface area contributed by atoms with Gasteiger partial charge in [0.25, 0.3) is 0 Å². The molecule has 0 saturated carbocycles. The Hall–Kier alpha value is -2.09. The second kappa shape index (κ2) is 6.91. The number of hydrogen-bond acceptors (Lipinski definition) is 0. The highest BCUT2D eigenvalue weighted by atomic mass is 28.3. The van der Waals surface area contributed by atoms with Crippen LogP contribution in [0.25, 0.3) is 27.6 Å². The molecule has 2 heteroatoms. The van der Waals surface area contributed by atoms with Gasteiger partial charge >= 0.3 is 0 Å². The first-order valence-corrected chi connectivity index (χ1v) is 16.4. The number of rotatable bonds is 2. The van der Waals surface area contributed by atoms with Gasteiger partial charge in [-0.3, -0.25) is 0 Å². The van der Waals surface area contributed by atoms with Crippen molar-refractivity contribution in [3.8, 4) is 11.5 Å². The average Bonchev–Trinajstić information content (AvgIpc) is 2.56. The van der Waals surface area contributed by atoms with E-state index in [4.69, 9.17) is 0 Å². The molecule has 3 aromatic carbocycles. The van der Waals surface area contributed by atoms with E-state index in [1.807, 2.05) is 0 Å². The predicted octanol–water partition coefficient (Wildman–Crippen LogP) is 7.11. The van der Waals surface area contributed by atoms with Crippen molar-refractivity contribution in [1.82, 2.24) is 0 Å². The summed E-state index contributed by atoms with van der Waals surface area (Å²) in [5, 5.41) is 5.15. The standard InChI is InChI=1S/C24H28Si2/c1-25(2,3)17-15-23-19-11-7-9-13-21(19)24(16-18-26(4,5)6)22-14-10-8-12-20(22)23/h7-15,17H,1-6H3/b17-15+. The fourth-order valence-electron chi connectivity index (χ4n) is 3.06. The van der Waals surface area contributed by atoms with Gasteiger partial charge in [-0.1, -0.05) is 106 Å². The molecule has 0 bridgehead atoms. The van der Waals surface area contributed by atoms with Crippen LogP contribution in [-0.2, 0) is 0 Å². The second-order valence-corrected chi connectivity index (χ2v) is 18.9. The lowest BCUT2D eigenvalue weighted by Crippen LogP contribution is -2.16. The van der Waals surface area contributed by atoms with E-state index in [0.717, 1.165) is 0 Å². The third-order valence-corrected chi connectivity index (χ3v) is 6.33. The zero-order chi connectivity index (χ0) is 18.9. The molecule has 0 nitrogen and oxygen atoms in total. The lowest BCUT2D eigenvalue weighted by Gasteiger charge is -2.14. The highest BCUT2D eigenvalue weighted by molar-refractivity contribution is 6.84. The van der Waals surface area contributed by atoms with E-state index in [0.29, 0.717) is 0 Å². The first-order chi connectivity index (χ1) is 12.2. The number of hydrogen-bond donors (Lipinski definition) is 0. The van der Waals surface area contributed by atoms with Crippen LogP contribution < -0.4 is 0 Å². The molecule has 0 aromatic heterocycles. The van der Waals surface area contributed by atoms with Gasteiger partial charge in [-0.2, -0.15) is 0 Å². The third kappa shape index (κ3) is 4.18. The normalized spacial score (nSPS) is 12.5. The molecule has 0 atom stereocenters. The van der Waals surface area contributed by atoms with Gasteiger partial charge in [-0.15, -0.1) is 5.54 Å². The number of fused-ring (bicyclic) bond motifs is 2. The monoisotopic (exact) mass is 372 g/mol. The van der Waals surface area contributed by atoms with Crippen molar-refractivity contribution in [2.45, 2.75) is 39.3 Å². The minimum Gasteiger partial charge on any atom is -0.127 e. The van der Waals surface area contributed by atoms with Crippen LogP contribution in [0.5, 0.6) is 0 Å². The molecule has 0 saturated heterocycles. The van der Waals surface area contributed by atoms with Gasteiger partial charge in [-0.25, -0.2) is 0 Å². The first kappa shape index (κ1) is 18.7. The van der Waals surface area contributed by atoms with E-state index in [9.17, 15) is 0 Å². The third-order valence-electron chi connectivity index (χ3n) is 4.29. The molecule has 26 heavy (non-hydrogen) atoms. The summed E-state index contributed by atoms with van der Waals surface area (Å²) in [4.78, 5) is 0. The van der Waals surface area contributed by atoms with Crippen molar-refractivity contribution < 1.29 is 0 Å². The Kier molecular flexibility index (Phi) is 4.97. The zero-order valence-corrected chi connectivity index (χ0v) is 18.8. The Labute approximate surface area is 160 Å². The molecule has 0 amide bonds. The molecular weight excluding hydrogens is 344 g/mol. The fraction of sp³-hybridized carbons (Fsp3) is 0.250. The minimum atomic E-state index is -1.44. The minimum absolute atomic E-state index is 1.18. The summed E-state index contributed by atoms with van der Waals surface area (Å²) in [5.41, 5.74) is 8.53. The van der Waals surface area contributed by atoms with Crippen molar-refractivity contribution >= 4 is 43.8 Å². The summed E-state index contributed by atoms with van der Waals surface area (Å²) >= 11 is 0. The molecule has 0 fully saturated rings. The van der Waals surface area contributed by atoms with Gasteiger partial charge in [0.2, 0.25) is 0 Å². The zero-order valence-electron chi connectivity index (χ0n) is 16.8. The molecule has 0 spiro atoms. The summed E-state index contributed by atoms with van der Waals surface area (Å²) in [7, 11) is -2.71. The average molecular weight is 373 g/mol. The maximum atomic E-state index is 3.58. The Morgan fingerprint density at radius 3 is 1.58 bits per heavy atom. The predicted molar refractivity (Wildman–Crippen MR) is 124 cm³/mol. The largest absolute Gasteiger partial charge is 0.129 e. The highest BCUT2D eigenvalue weighted by Gasteiger charge is 2.14. The molecule has 0 aliphatic carbocycles. The lowest BCUT2D eigenvalue weighted by molar-refractivity contribution is 1.71. The lowest BCUT2D eigenvalue weighted by atomic mass is 9.92. The molecule has 0 heterocycles. The Morgan fingerprint density at radius 2 is 1.15 bits per heavy atom. The highest BCUT2D eigenvalue weighted by Crippen LogP contribution is 2.33. The SMILES string of the molecule is C[Si](C)(C)C#Cc1c2ccccc2c(/C=C/[Si](C)(C)C)c2ccccc12. The van der Waals surface area contributed by atoms with Crippen LogP contribution in [0.15, 0.2) is 54.2 Å². The molecule has 0 unspecified atom stereocenters. The van der Waals surface area contributed by atoms with Gasteiger partial charge in [0.15, 0.2) is 0 Å². The maximum Gasteiger partial charge on any atom is 0.129 e.